The Bertz CT molecular complexity index is 1090. The van der Waals surface area contributed by atoms with E-state index in [4.69, 9.17) is 11.6 Å². The maximum Gasteiger partial charge on any atom is 0.274 e. The Morgan fingerprint density at radius 3 is 2.52 bits per heavy atom. The lowest BCUT2D eigenvalue weighted by Crippen LogP contribution is -2.42. The van der Waals surface area contributed by atoms with Crippen molar-refractivity contribution in [2.45, 2.75) is 38.8 Å². The van der Waals surface area contributed by atoms with Crippen molar-refractivity contribution in [3.8, 4) is 22.4 Å². The van der Waals surface area contributed by atoms with Gasteiger partial charge in [-0.2, -0.15) is 0 Å². The number of pyridine rings is 2. The fourth-order valence-corrected chi connectivity index (χ4v) is 4.50. The van der Waals surface area contributed by atoms with Gasteiger partial charge in [0.25, 0.3) is 5.56 Å². The van der Waals surface area contributed by atoms with Crippen LogP contribution >= 0.6 is 11.6 Å². The number of benzene rings is 1. The largest absolute Gasteiger partial charge is 0.363 e. The van der Waals surface area contributed by atoms with Crippen molar-refractivity contribution in [2.75, 3.05) is 18.0 Å². The van der Waals surface area contributed by atoms with Crippen molar-refractivity contribution in [1.82, 2.24) is 14.9 Å². The van der Waals surface area contributed by atoms with Crippen LogP contribution in [0.3, 0.4) is 0 Å². The second kappa shape index (κ2) is 9.25. The molecular weight excluding hydrogens is 408 g/mol. The first-order valence-corrected chi connectivity index (χ1v) is 11.2. The molecule has 0 bridgehead atoms. The van der Waals surface area contributed by atoms with Crippen molar-refractivity contribution in [3.63, 3.8) is 0 Å². The van der Waals surface area contributed by atoms with Crippen LogP contribution in [0, 0.1) is 0 Å². The maximum atomic E-state index is 13.5. The Labute approximate surface area is 188 Å². The second-order valence-corrected chi connectivity index (χ2v) is 8.89. The van der Waals surface area contributed by atoms with Crippen molar-refractivity contribution in [2.24, 2.45) is 7.05 Å². The normalized spacial score (nSPS) is 16.3. The first-order valence-electron chi connectivity index (χ1n) is 10.9. The van der Waals surface area contributed by atoms with E-state index in [1.807, 2.05) is 43.4 Å². The van der Waals surface area contributed by atoms with Crippen LogP contribution in [0.4, 0.5) is 5.69 Å². The minimum absolute atomic E-state index is 0.0270. The molecule has 2 aromatic heterocycles. The summed E-state index contributed by atoms with van der Waals surface area (Å²) in [5.41, 5.74) is 4.69. The van der Waals surface area contributed by atoms with E-state index in [1.54, 1.807) is 17.0 Å². The molecule has 0 amide bonds. The van der Waals surface area contributed by atoms with Gasteiger partial charge in [-0.05, 0) is 54.3 Å². The third-order valence-electron chi connectivity index (χ3n) is 5.95. The number of nitrogens with zero attached hydrogens (tertiary/aromatic N) is 3. The Morgan fingerprint density at radius 1 is 1.13 bits per heavy atom. The van der Waals surface area contributed by atoms with Gasteiger partial charge in [-0.3, -0.25) is 9.78 Å². The summed E-state index contributed by atoms with van der Waals surface area (Å²) in [4.78, 5) is 20.0. The molecule has 0 saturated carbocycles. The van der Waals surface area contributed by atoms with E-state index in [0.717, 1.165) is 54.0 Å². The van der Waals surface area contributed by atoms with Gasteiger partial charge in [-0.15, -0.1) is 0 Å². The van der Waals surface area contributed by atoms with Gasteiger partial charge in [0, 0.05) is 55.2 Å². The average molecular weight is 437 g/mol. The molecule has 1 saturated heterocycles. The first-order chi connectivity index (χ1) is 15.0. The average Bonchev–Trinajstić information content (AvgIpc) is 3.24. The molecule has 31 heavy (non-hydrogen) atoms. The van der Waals surface area contributed by atoms with E-state index in [2.05, 4.69) is 35.1 Å². The Morgan fingerprint density at radius 2 is 1.84 bits per heavy atom. The number of hydrogen-bond acceptors (Lipinski definition) is 4. The van der Waals surface area contributed by atoms with E-state index < -0.39 is 0 Å². The molecule has 4 rings (SSSR count). The highest BCUT2D eigenvalue weighted by atomic mass is 35.5. The van der Waals surface area contributed by atoms with E-state index in [1.165, 1.54) is 0 Å². The van der Waals surface area contributed by atoms with Gasteiger partial charge in [-0.1, -0.05) is 37.6 Å². The number of rotatable bonds is 6. The van der Waals surface area contributed by atoms with Crippen molar-refractivity contribution in [1.29, 1.82) is 0 Å². The number of anilines is 1. The lowest BCUT2D eigenvalue weighted by Gasteiger charge is -2.29. The van der Waals surface area contributed by atoms with Gasteiger partial charge in [0.05, 0.1) is 5.69 Å². The Balaban J connectivity index is 1.86. The SMILES string of the molecule is CC(C)NCC1CCCN1c1cc(-c2ccncc2)c(-c2ccc(Cl)cc2)n(C)c1=O. The molecule has 1 fully saturated rings. The highest BCUT2D eigenvalue weighted by Crippen LogP contribution is 2.35. The summed E-state index contributed by atoms with van der Waals surface area (Å²) >= 11 is 6.12. The Kier molecular flexibility index (Phi) is 6.44. The molecular formula is C25H29ClN4O. The minimum Gasteiger partial charge on any atom is -0.363 e. The van der Waals surface area contributed by atoms with E-state index in [-0.39, 0.29) is 5.56 Å². The van der Waals surface area contributed by atoms with Crippen LogP contribution in [0.25, 0.3) is 22.4 Å². The van der Waals surface area contributed by atoms with E-state index in [0.29, 0.717) is 17.1 Å². The second-order valence-electron chi connectivity index (χ2n) is 8.45. The van der Waals surface area contributed by atoms with Gasteiger partial charge in [0.2, 0.25) is 0 Å². The van der Waals surface area contributed by atoms with Crippen molar-refractivity contribution >= 4 is 17.3 Å². The number of hydrogen-bond donors (Lipinski definition) is 1. The van der Waals surface area contributed by atoms with Crippen LogP contribution in [0.1, 0.15) is 26.7 Å². The molecule has 5 nitrogen and oxygen atoms in total. The fraction of sp³-hybridized carbons (Fsp3) is 0.360. The summed E-state index contributed by atoms with van der Waals surface area (Å²) in [6, 6.07) is 14.4. The third-order valence-corrected chi connectivity index (χ3v) is 6.20. The number of halogens is 1. The number of aromatic nitrogens is 2. The monoisotopic (exact) mass is 436 g/mol. The Hall–Kier alpha value is -2.63. The summed E-state index contributed by atoms with van der Waals surface area (Å²) in [5.74, 6) is 0. The quantitative estimate of drug-likeness (QED) is 0.606. The van der Waals surface area contributed by atoms with Crippen molar-refractivity contribution < 1.29 is 0 Å². The van der Waals surface area contributed by atoms with Crippen LogP contribution in [-0.4, -0.2) is 34.7 Å². The lowest BCUT2D eigenvalue weighted by molar-refractivity contribution is 0.523. The summed E-state index contributed by atoms with van der Waals surface area (Å²) in [7, 11) is 1.86. The molecule has 1 aromatic carbocycles. The minimum atomic E-state index is 0.0270. The summed E-state index contributed by atoms with van der Waals surface area (Å²) in [6.45, 7) is 6.08. The van der Waals surface area contributed by atoms with Crippen molar-refractivity contribution in [3.05, 3.63) is 70.2 Å². The van der Waals surface area contributed by atoms with Crippen LogP contribution in [0.5, 0.6) is 0 Å². The molecule has 1 aliphatic heterocycles. The summed E-state index contributed by atoms with van der Waals surface area (Å²) in [5, 5.41) is 4.21. The van der Waals surface area contributed by atoms with Crippen LogP contribution in [0.2, 0.25) is 5.02 Å². The highest BCUT2D eigenvalue weighted by molar-refractivity contribution is 6.30. The molecule has 162 valence electrons. The van der Waals surface area contributed by atoms with Crippen LogP contribution in [-0.2, 0) is 7.05 Å². The highest BCUT2D eigenvalue weighted by Gasteiger charge is 2.28. The summed E-state index contributed by atoms with van der Waals surface area (Å²) in [6.07, 6.45) is 5.76. The molecule has 0 radical (unpaired) electrons. The molecule has 6 heteroatoms. The lowest BCUT2D eigenvalue weighted by atomic mass is 9.98. The molecule has 1 N–H and O–H groups in total. The molecule has 0 spiro atoms. The number of nitrogens with one attached hydrogen (secondary N) is 1. The predicted molar refractivity (Wildman–Crippen MR) is 129 cm³/mol. The molecule has 1 aliphatic rings. The van der Waals surface area contributed by atoms with Crippen LogP contribution < -0.4 is 15.8 Å². The van der Waals surface area contributed by atoms with Gasteiger partial charge >= 0.3 is 0 Å². The molecule has 1 unspecified atom stereocenters. The molecule has 3 aromatic rings. The third kappa shape index (κ3) is 4.53. The van der Waals surface area contributed by atoms with Crippen LogP contribution in [0.15, 0.2) is 59.7 Å². The zero-order valence-electron chi connectivity index (χ0n) is 18.3. The van der Waals surface area contributed by atoms with Gasteiger partial charge < -0.3 is 14.8 Å². The maximum absolute atomic E-state index is 13.5. The van der Waals surface area contributed by atoms with Gasteiger partial charge in [-0.25, -0.2) is 0 Å². The predicted octanol–water partition coefficient (Wildman–Crippen LogP) is 4.73. The zero-order chi connectivity index (χ0) is 22.0. The smallest absolute Gasteiger partial charge is 0.274 e. The molecule has 1 atom stereocenters. The standard InChI is InChI=1S/C25H29ClN4O/c1-17(2)28-16-21-5-4-14-30(21)23-15-22(18-10-12-27-13-11-18)24(29(3)25(23)31)19-6-8-20(26)9-7-19/h6-13,15,17,21,28H,4-5,14,16H2,1-3H3. The topological polar surface area (TPSA) is 50.2 Å². The van der Waals surface area contributed by atoms with E-state index >= 15 is 0 Å². The van der Waals surface area contributed by atoms with E-state index in [9.17, 15) is 4.79 Å². The van der Waals surface area contributed by atoms with Gasteiger partial charge in [0.15, 0.2) is 0 Å². The molecule has 3 heterocycles. The fourth-order valence-electron chi connectivity index (χ4n) is 4.37. The van der Waals surface area contributed by atoms with Gasteiger partial charge in [0.1, 0.15) is 5.69 Å². The molecule has 0 aliphatic carbocycles. The zero-order valence-corrected chi connectivity index (χ0v) is 19.1. The first kappa shape index (κ1) is 21.6. The summed E-state index contributed by atoms with van der Waals surface area (Å²) < 4.78 is 1.78.